The van der Waals surface area contributed by atoms with E-state index in [1.54, 1.807) is 19.3 Å². The van der Waals surface area contributed by atoms with Crippen molar-refractivity contribution in [1.82, 2.24) is 9.78 Å². The Morgan fingerprint density at radius 3 is 2.33 bits per heavy atom. The van der Waals surface area contributed by atoms with E-state index in [-0.39, 0.29) is 11.6 Å². The van der Waals surface area contributed by atoms with Gasteiger partial charge in [0.2, 0.25) is 0 Å². The molecule has 7 heteroatoms. The number of aromatic nitrogens is 2. The standard InChI is InChI=1S/C17H21F3N4/c1-11(2)24-6-5-22(3)15-7-13(12-9-21-23(4)10-12)14(8-16(15)24)17(18,19)20/h7-11H,5-6H2,1-4H3. The smallest absolute Gasteiger partial charge is 0.371 e. The number of alkyl halides is 3. The SMILES string of the molecule is CC(C)N1CCN(C)c2cc(-c3cnn(C)c3)c(C(F)(F)F)cc21. The highest BCUT2D eigenvalue weighted by molar-refractivity contribution is 5.83. The zero-order chi connectivity index (χ0) is 17.6. The minimum Gasteiger partial charge on any atom is -0.371 e. The first-order valence-electron chi connectivity index (χ1n) is 7.90. The molecule has 1 aromatic carbocycles. The van der Waals surface area contributed by atoms with E-state index in [2.05, 4.69) is 5.10 Å². The van der Waals surface area contributed by atoms with Crippen molar-refractivity contribution in [3.63, 3.8) is 0 Å². The van der Waals surface area contributed by atoms with Crippen molar-refractivity contribution in [3.05, 3.63) is 30.1 Å². The number of likely N-dealkylation sites (N-methyl/N-ethyl adjacent to an activating group) is 1. The molecule has 0 atom stereocenters. The zero-order valence-electron chi connectivity index (χ0n) is 14.2. The number of hydrogen-bond acceptors (Lipinski definition) is 3. The van der Waals surface area contributed by atoms with Gasteiger partial charge in [0.25, 0.3) is 0 Å². The lowest BCUT2D eigenvalue weighted by Gasteiger charge is -2.40. The van der Waals surface area contributed by atoms with E-state index in [9.17, 15) is 13.2 Å². The highest BCUT2D eigenvalue weighted by Gasteiger charge is 2.37. The van der Waals surface area contributed by atoms with Gasteiger partial charge in [-0.2, -0.15) is 18.3 Å². The number of benzene rings is 1. The normalized spacial score (nSPS) is 15.2. The Morgan fingerprint density at radius 1 is 1.08 bits per heavy atom. The first-order chi connectivity index (χ1) is 11.2. The van der Waals surface area contributed by atoms with Crippen molar-refractivity contribution in [3.8, 4) is 11.1 Å². The molecule has 0 spiro atoms. The van der Waals surface area contributed by atoms with Crippen molar-refractivity contribution in [2.75, 3.05) is 29.9 Å². The fraction of sp³-hybridized carbons (Fsp3) is 0.471. The van der Waals surface area contributed by atoms with Crippen LogP contribution in [0.5, 0.6) is 0 Å². The van der Waals surface area contributed by atoms with Gasteiger partial charge in [-0.25, -0.2) is 0 Å². The molecule has 0 aliphatic carbocycles. The molecule has 0 unspecified atom stereocenters. The maximum atomic E-state index is 13.7. The Bertz CT molecular complexity index is 749. The monoisotopic (exact) mass is 338 g/mol. The fourth-order valence-electron chi connectivity index (χ4n) is 3.18. The molecule has 0 amide bonds. The van der Waals surface area contributed by atoms with Crippen LogP contribution < -0.4 is 9.80 Å². The molecule has 0 fully saturated rings. The maximum absolute atomic E-state index is 13.7. The first kappa shape index (κ1) is 16.7. The second-order valence-corrected chi connectivity index (χ2v) is 6.50. The molecule has 0 saturated carbocycles. The van der Waals surface area contributed by atoms with Crippen LogP contribution in [0.25, 0.3) is 11.1 Å². The van der Waals surface area contributed by atoms with Crippen LogP contribution in [0.3, 0.4) is 0 Å². The molecule has 2 heterocycles. The van der Waals surface area contributed by atoms with E-state index in [1.165, 1.54) is 16.9 Å². The first-order valence-corrected chi connectivity index (χ1v) is 7.90. The van der Waals surface area contributed by atoms with Crippen LogP contribution in [-0.2, 0) is 13.2 Å². The summed E-state index contributed by atoms with van der Waals surface area (Å²) >= 11 is 0. The molecule has 3 rings (SSSR count). The largest absolute Gasteiger partial charge is 0.417 e. The van der Waals surface area contributed by atoms with Crippen LogP contribution in [-0.4, -0.2) is 36.0 Å². The molecular weight excluding hydrogens is 317 g/mol. The lowest BCUT2D eigenvalue weighted by Crippen LogP contribution is -2.43. The third-order valence-corrected chi connectivity index (χ3v) is 4.46. The maximum Gasteiger partial charge on any atom is 0.417 e. The molecule has 24 heavy (non-hydrogen) atoms. The minimum absolute atomic E-state index is 0.141. The molecule has 1 aliphatic heterocycles. The van der Waals surface area contributed by atoms with Crippen LogP contribution in [0.2, 0.25) is 0 Å². The van der Waals surface area contributed by atoms with Crippen LogP contribution in [0.1, 0.15) is 19.4 Å². The van der Waals surface area contributed by atoms with Crippen molar-refractivity contribution in [2.45, 2.75) is 26.1 Å². The van der Waals surface area contributed by atoms with E-state index in [0.29, 0.717) is 17.8 Å². The molecular formula is C17H21F3N4. The van der Waals surface area contributed by atoms with Crippen LogP contribution >= 0.6 is 0 Å². The van der Waals surface area contributed by atoms with Gasteiger partial charge in [-0.15, -0.1) is 0 Å². The second kappa shape index (κ2) is 5.72. The third-order valence-electron chi connectivity index (χ3n) is 4.46. The molecule has 0 radical (unpaired) electrons. The number of nitrogens with zero attached hydrogens (tertiary/aromatic N) is 4. The Balaban J connectivity index is 2.25. The van der Waals surface area contributed by atoms with Gasteiger partial charge in [0, 0.05) is 45.0 Å². The van der Waals surface area contributed by atoms with Crippen molar-refractivity contribution >= 4 is 11.4 Å². The highest BCUT2D eigenvalue weighted by Crippen LogP contribution is 2.44. The van der Waals surface area contributed by atoms with E-state index < -0.39 is 11.7 Å². The predicted molar refractivity (Wildman–Crippen MR) is 89.4 cm³/mol. The Labute approximate surface area is 139 Å². The molecule has 130 valence electrons. The highest BCUT2D eigenvalue weighted by atomic mass is 19.4. The summed E-state index contributed by atoms with van der Waals surface area (Å²) in [6.45, 7) is 5.49. The Hall–Kier alpha value is -2.18. The van der Waals surface area contributed by atoms with Crippen molar-refractivity contribution in [2.24, 2.45) is 7.05 Å². The van der Waals surface area contributed by atoms with Gasteiger partial charge < -0.3 is 9.80 Å². The molecule has 4 nitrogen and oxygen atoms in total. The Kier molecular flexibility index (Phi) is 3.97. The number of fused-ring (bicyclic) bond motifs is 1. The minimum atomic E-state index is -4.42. The van der Waals surface area contributed by atoms with Gasteiger partial charge in [0.1, 0.15) is 0 Å². The molecule has 0 saturated heterocycles. The number of halogens is 3. The number of aryl methyl sites for hydroxylation is 1. The number of rotatable bonds is 2. The van der Waals surface area contributed by atoms with Crippen LogP contribution in [0.15, 0.2) is 24.5 Å². The van der Waals surface area contributed by atoms with E-state index >= 15 is 0 Å². The summed E-state index contributed by atoms with van der Waals surface area (Å²) < 4.78 is 42.5. The molecule has 0 N–H and O–H groups in total. The zero-order valence-corrected chi connectivity index (χ0v) is 14.2. The average molecular weight is 338 g/mol. The van der Waals surface area contributed by atoms with E-state index in [4.69, 9.17) is 0 Å². The summed E-state index contributed by atoms with van der Waals surface area (Å²) in [5, 5.41) is 4.02. The third kappa shape index (κ3) is 2.83. The molecule has 1 aromatic heterocycles. The molecule has 2 aromatic rings. The molecule has 0 bridgehead atoms. The van der Waals surface area contributed by atoms with Gasteiger partial charge in [-0.05, 0) is 31.5 Å². The predicted octanol–water partition coefficient (Wildman–Crippen LogP) is 3.77. The van der Waals surface area contributed by atoms with E-state index in [0.717, 1.165) is 12.2 Å². The van der Waals surface area contributed by atoms with Gasteiger partial charge in [0.05, 0.1) is 23.1 Å². The number of hydrogen-bond donors (Lipinski definition) is 0. The van der Waals surface area contributed by atoms with Gasteiger partial charge in [-0.3, -0.25) is 4.68 Å². The summed E-state index contributed by atoms with van der Waals surface area (Å²) in [4.78, 5) is 4.03. The lowest BCUT2D eigenvalue weighted by molar-refractivity contribution is -0.137. The van der Waals surface area contributed by atoms with E-state index in [1.807, 2.05) is 30.7 Å². The lowest BCUT2D eigenvalue weighted by atomic mass is 9.97. The van der Waals surface area contributed by atoms with Crippen LogP contribution in [0, 0.1) is 0 Å². The van der Waals surface area contributed by atoms with Crippen molar-refractivity contribution in [1.29, 1.82) is 0 Å². The average Bonchev–Trinajstić information content (AvgIpc) is 2.92. The van der Waals surface area contributed by atoms with Gasteiger partial charge in [0.15, 0.2) is 0 Å². The van der Waals surface area contributed by atoms with Gasteiger partial charge >= 0.3 is 6.18 Å². The van der Waals surface area contributed by atoms with Gasteiger partial charge in [-0.1, -0.05) is 0 Å². The topological polar surface area (TPSA) is 24.3 Å². The summed E-state index contributed by atoms with van der Waals surface area (Å²) in [5.74, 6) is 0. The summed E-state index contributed by atoms with van der Waals surface area (Å²) in [6.07, 6.45) is -1.33. The summed E-state index contributed by atoms with van der Waals surface area (Å²) in [5.41, 5.74) is 1.49. The number of anilines is 2. The second-order valence-electron chi connectivity index (χ2n) is 6.50. The fourth-order valence-corrected chi connectivity index (χ4v) is 3.18. The van der Waals surface area contributed by atoms with Crippen molar-refractivity contribution < 1.29 is 13.2 Å². The summed E-state index contributed by atoms with van der Waals surface area (Å²) in [7, 11) is 3.61. The Morgan fingerprint density at radius 2 is 1.79 bits per heavy atom. The van der Waals surface area contributed by atoms with Crippen LogP contribution in [0.4, 0.5) is 24.5 Å². The quantitative estimate of drug-likeness (QED) is 0.833. The molecule has 1 aliphatic rings. The summed E-state index contributed by atoms with van der Waals surface area (Å²) in [6, 6.07) is 3.07.